The van der Waals surface area contributed by atoms with E-state index in [1.165, 1.54) is 11.8 Å². The average molecular weight is 332 g/mol. The van der Waals surface area contributed by atoms with E-state index in [9.17, 15) is 9.90 Å². The predicted molar refractivity (Wildman–Crippen MR) is 94.6 cm³/mol. The van der Waals surface area contributed by atoms with Crippen LogP contribution in [-0.4, -0.2) is 27.4 Å². The molecule has 124 valence electrons. The Labute approximate surface area is 144 Å². The summed E-state index contributed by atoms with van der Waals surface area (Å²) in [6.45, 7) is 0. The van der Waals surface area contributed by atoms with Crippen molar-refractivity contribution in [3.8, 4) is 17.0 Å². The summed E-state index contributed by atoms with van der Waals surface area (Å²) in [5.41, 5.74) is 7.84. The highest BCUT2D eigenvalue weighted by molar-refractivity contribution is 5.96. The molecule has 0 saturated carbocycles. The van der Waals surface area contributed by atoms with Crippen molar-refractivity contribution < 1.29 is 9.90 Å². The van der Waals surface area contributed by atoms with Gasteiger partial charge in [-0.15, -0.1) is 0 Å². The molecule has 6 heteroatoms. The Bertz CT molecular complexity index is 958. The number of aryl methyl sites for hydroxylation is 1. The minimum Gasteiger partial charge on any atom is -0.508 e. The van der Waals surface area contributed by atoms with E-state index >= 15 is 0 Å². The van der Waals surface area contributed by atoms with Gasteiger partial charge in [-0.05, 0) is 48.2 Å². The van der Waals surface area contributed by atoms with Crippen molar-refractivity contribution in [1.82, 2.24) is 15.6 Å². The molecule has 2 aromatic carbocycles. The largest absolute Gasteiger partial charge is 0.508 e. The number of aromatic nitrogens is 2. The van der Waals surface area contributed by atoms with Crippen molar-refractivity contribution in [2.45, 2.75) is 12.8 Å². The molecular formula is C19H16N4O2. The molecule has 0 atom stereocenters. The number of nitrogens with zero attached hydrogens (tertiary/aromatic N) is 2. The molecule has 0 fully saturated rings. The molecule has 0 aliphatic heterocycles. The second-order valence-corrected chi connectivity index (χ2v) is 5.87. The van der Waals surface area contributed by atoms with Crippen LogP contribution in [0, 0.1) is 0 Å². The fourth-order valence-electron chi connectivity index (χ4n) is 3.03. The number of carbonyl (C=O) groups is 1. The van der Waals surface area contributed by atoms with Crippen LogP contribution in [0.2, 0.25) is 0 Å². The fraction of sp³-hybridized carbons (Fsp3) is 0.105. The highest BCUT2D eigenvalue weighted by Crippen LogP contribution is 2.33. The normalized spacial score (nSPS) is 12.6. The maximum Gasteiger partial charge on any atom is 0.289 e. The van der Waals surface area contributed by atoms with E-state index in [1.807, 2.05) is 18.2 Å². The molecule has 1 aliphatic carbocycles. The number of nitrogens with one attached hydrogen (secondary N) is 2. The predicted octanol–water partition coefficient (Wildman–Crippen LogP) is 2.64. The van der Waals surface area contributed by atoms with E-state index in [2.05, 4.69) is 26.8 Å². The van der Waals surface area contributed by atoms with Crippen molar-refractivity contribution in [2.75, 3.05) is 0 Å². The van der Waals surface area contributed by atoms with Crippen molar-refractivity contribution in [3.63, 3.8) is 0 Å². The Hall–Kier alpha value is -3.41. The van der Waals surface area contributed by atoms with Gasteiger partial charge in [0.1, 0.15) is 11.4 Å². The summed E-state index contributed by atoms with van der Waals surface area (Å²) in [7, 11) is 0. The van der Waals surface area contributed by atoms with Gasteiger partial charge in [-0.25, -0.2) is 5.43 Å². The molecule has 0 bridgehead atoms. The molecule has 25 heavy (non-hydrogen) atoms. The standard InChI is InChI=1S/C19H16N4O2/c24-14-8-5-12(6-9-14)11-20-23-19(25)18-16-10-7-13-3-1-2-4-15(13)17(16)21-22-18/h1-6,8-9,11,24H,7,10H2,(H,21,22)(H,23,25)/b20-11+. The zero-order valence-electron chi connectivity index (χ0n) is 13.4. The molecule has 0 unspecified atom stereocenters. The maximum atomic E-state index is 12.4. The quantitative estimate of drug-likeness (QED) is 0.509. The number of aromatic amines is 1. The third kappa shape index (κ3) is 2.89. The molecule has 1 amide bonds. The van der Waals surface area contributed by atoms with Gasteiger partial charge >= 0.3 is 0 Å². The molecule has 4 rings (SSSR count). The van der Waals surface area contributed by atoms with E-state index in [1.54, 1.807) is 24.3 Å². The summed E-state index contributed by atoms with van der Waals surface area (Å²) in [4.78, 5) is 12.4. The molecule has 1 heterocycles. The average Bonchev–Trinajstić information content (AvgIpc) is 3.08. The number of phenols is 1. The summed E-state index contributed by atoms with van der Waals surface area (Å²) in [5, 5.41) is 20.4. The van der Waals surface area contributed by atoms with Gasteiger partial charge in [0.2, 0.25) is 0 Å². The molecule has 0 spiro atoms. The first-order chi connectivity index (χ1) is 12.2. The number of fused-ring (bicyclic) bond motifs is 3. The smallest absolute Gasteiger partial charge is 0.289 e. The van der Waals surface area contributed by atoms with Gasteiger partial charge in [-0.2, -0.15) is 10.2 Å². The Kier molecular flexibility index (Phi) is 3.78. The van der Waals surface area contributed by atoms with Gasteiger partial charge in [0.05, 0.1) is 11.9 Å². The Balaban J connectivity index is 1.53. The van der Waals surface area contributed by atoms with Crippen molar-refractivity contribution >= 4 is 12.1 Å². The summed E-state index contributed by atoms with van der Waals surface area (Å²) >= 11 is 0. The SMILES string of the molecule is O=C(N/N=C/c1ccc(O)cc1)c1[nH]nc2c1CCc1ccccc1-2. The Morgan fingerprint density at radius 2 is 1.96 bits per heavy atom. The molecule has 3 aromatic rings. The van der Waals surface area contributed by atoms with Crippen LogP contribution >= 0.6 is 0 Å². The van der Waals surface area contributed by atoms with Crippen LogP contribution in [0.4, 0.5) is 0 Å². The first-order valence-electron chi connectivity index (χ1n) is 8.00. The number of carbonyl (C=O) groups excluding carboxylic acids is 1. The number of hydrogen-bond acceptors (Lipinski definition) is 4. The second kappa shape index (κ2) is 6.24. The van der Waals surface area contributed by atoms with Crippen LogP contribution in [0.3, 0.4) is 0 Å². The zero-order chi connectivity index (χ0) is 17.2. The second-order valence-electron chi connectivity index (χ2n) is 5.87. The van der Waals surface area contributed by atoms with E-state index in [-0.39, 0.29) is 11.7 Å². The van der Waals surface area contributed by atoms with Crippen molar-refractivity contribution in [3.05, 3.63) is 70.9 Å². The zero-order valence-corrected chi connectivity index (χ0v) is 13.4. The van der Waals surface area contributed by atoms with E-state index in [4.69, 9.17) is 0 Å². The molecule has 3 N–H and O–H groups in total. The number of phenolic OH excluding ortho intramolecular Hbond substituents is 1. The molecule has 1 aromatic heterocycles. The number of hydrogen-bond donors (Lipinski definition) is 3. The third-order valence-corrected chi connectivity index (χ3v) is 4.28. The number of benzene rings is 2. The number of amides is 1. The summed E-state index contributed by atoms with van der Waals surface area (Å²) in [5.74, 6) is -0.131. The van der Waals surface area contributed by atoms with Gasteiger partial charge in [0, 0.05) is 11.1 Å². The fourth-order valence-corrected chi connectivity index (χ4v) is 3.03. The topological polar surface area (TPSA) is 90.4 Å². The van der Waals surface area contributed by atoms with E-state index in [0.29, 0.717) is 5.69 Å². The lowest BCUT2D eigenvalue weighted by Gasteiger charge is -2.15. The summed E-state index contributed by atoms with van der Waals surface area (Å²) in [6.07, 6.45) is 3.18. The number of aromatic hydroxyl groups is 1. The maximum absolute atomic E-state index is 12.4. The van der Waals surface area contributed by atoms with Crippen LogP contribution < -0.4 is 5.43 Å². The van der Waals surface area contributed by atoms with Crippen molar-refractivity contribution in [1.29, 1.82) is 0 Å². The van der Waals surface area contributed by atoms with E-state index < -0.39 is 0 Å². The Morgan fingerprint density at radius 3 is 2.80 bits per heavy atom. The van der Waals surface area contributed by atoms with Gasteiger partial charge in [-0.3, -0.25) is 9.89 Å². The number of H-pyrrole nitrogens is 1. The molecule has 1 aliphatic rings. The molecular weight excluding hydrogens is 316 g/mol. The first kappa shape index (κ1) is 15.1. The molecule has 0 saturated heterocycles. The lowest BCUT2D eigenvalue weighted by molar-refractivity contribution is 0.0949. The highest BCUT2D eigenvalue weighted by Gasteiger charge is 2.24. The number of hydrazone groups is 1. The van der Waals surface area contributed by atoms with Crippen LogP contribution in [0.1, 0.15) is 27.2 Å². The van der Waals surface area contributed by atoms with Crippen LogP contribution in [0.5, 0.6) is 5.75 Å². The monoisotopic (exact) mass is 332 g/mol. The highest BCUT2D eigenvalue weighted by atomic mass is 16.3. The summed E-state index contributed by atoms with van der Waals surface area (Å²) in [6, 6.07) is 14.7. The van der Waals surface area contributed by atoms with E-state index in [0.717, 1.165) is 35.2 Å². The minimum absolute atomic E-state index is 0.186. The van der Waals surface area contributed by atoms with Crippen LogP contribution in [0.15, 0.2) is 53.6 Å². The molecule has 6 nitrogen and oxygen atoms in total. The van der Waals surface area contributed by atoms with Gasteiger partial charge < -0.3 is 5.11 Å². The third-order valence-electron chi connectivity index (χ3n) is 4.28. The Morgan fingerprint density at radius 1 is 1.16 bits per heavy atom. The minimum atomic E-state index is -0.317. The van der Waals surface area contributed by atoms with Crippen molar-refractivity contribution in [2.24, 2.45) is 5.10 Å². The van der Waals surface area contributed by atoms with Gasteiger partial charge in [0.15, 0.2) is 0 Å². The molecule has 0 radical (unpaired) electrons. The number of rotatable bonds is 3. The van der Waals surface area contributed by atoms with Gasteiger partial charge in [0.25, 0.3) is 5.91 Å². The van der Waals surface area contributed by atoms with Crippen LogP contribution in [0.25, 0.3) is 11.3 Å². The van der Waals surface area contributed by atoms with Gasteiger partial charge in [-0.1, -0.05) is 24.3 Å². The summed E-state index contributed by atoms with van der Waals surface area (Å²) < 4.78 is 0. The van der Waals surface area contributed by atoms with Crippen LogP contribution in [-0.2, 0) is 12.8 Å². The first-order valence-corrected chi connectivity index (χ1v) is 8.00. The lowest BCUT2D eigenvalue weighted by atomic mass is 9.89. The lowest BCUT2D eigenvalue weighted by Crippen LogP contribution is -2.20.